The molecule has 0 aromatic heterocycles. The van der Waals surface area contributed by atoms with Crippen molar-refractivity contribution in [1.82, 2.24) is 10.2 Å². The predicted molar refractivity (Wildman–Crippen MR) is 67.7 cm³/mol. The Bertz CT molecular complexity index is 450. The minimum Gasteiger partial charge on any atom is -0.366 e. The van der Waals surface area contributed by atoms with E-state index in [0.29, 0.717) is 23.7 Å². The number of rotatable bonds is 4. The lowest BCUT2D eigenvalue weighted by molar-refractivity contribution is 0.1000. The summed E-state index contributed by atoms with van der Waals surface area (Å²) >= 11 is 0. The van der Waals surface area contributed by atoms with Crippen molar-refractivity contribution < 1.29 is 9.18 Å². The third-order valence-electron chi connectivity index (χ3n) is 3.30. The van der Waals surface area contributed by atoms with Gasteiger partial charge >= 0.3 is 0 Å². The molecule has 5 heteroatoms. The number of likely N-dealkylation sites (N-methyl/N-ethyl adjacent to an activating group) is 1. The quantitative estimate of drug-likeness (QED) is 0.829. The average Bonchev–Trinajstić information content (AvgIpc) is 2.74. The van der Waals surface area contributed by atoms with Gasteiger partial charge in [0.15, 0.2) is 0 Å². The second-order valence-corrected chi connectivity index (χ2v) is 4.80. The number of hydrogen-bond acceptors (Lipinski definition) is 3. The molecule has 0 aliphatic carbocycles. The highest BCUT2D eigenvalue weighted by Gasteiger charge is 2.19. The van der Waals surface area contributed by atoms with Crippen LogP contribution in [-0.4, -0.2) is 37.0 Å². The van der Waals surface area contributed by atoms with Crippen LogP contribution in [0.4, 0.5) is 4.39 Å². The number of likely N-dealkylation sites (tertiary alicyclic amines) is 1. The van der Waals surface area contributed by atoms with Gasteiger partial charge in [0.25, 0.3) is 0 Å². The Morgan fingerprint density at radius 2 is 2.39 bits per heavy atom. The zero-order valence-corrected chi connectivity index (χ0v) is 10.4. The summed E-state index contributed by atoms with van der Waals surface area (Å²) in [4.78, 5) is 13.3. The molecule has 1 aromatic rings. The molecule has 4 nitrogen and oxygen atoms in total. The number of nitrogens with one attached hydrogen (secondary N) is 1. The van der Waals surface area contributed by atoms with Crippen LogP contribution in [0.15, 0.2) is 18.2 Å². The fraction of sp³-hybridized carbons (Fsp3) is 0.462. The van der Waals surface area contributed by atoms with Crippen LogP contribution >= 0.6 is 0 Å². The van der Waals surface area contributed by atoms with Gasteiger partial charge in [0.05, 0.1) is 0 Å². The van der Waals surface area contributed by atoms with E-state index in [9.17, 15) is 9.18 Å². The molecule has 1 aliphatic rings. The fourth-order valence-corrected chi connectivity index (χ4v) is 2.22. The second-order valence-electron chi connectivity index (χ2n) is 4.80. The number of carbonyl (C=O) groups is 1. The lowest BCUT2D eigenvalue weighted by Crippen LogP contribution is -2.31. The molecule has 1 saturated heterocycles. The first-order chi connectivity index (χ1) is 8.56. The molecule has 1 aliphatic heterocycles. The highest BCUT2D eigenvalue weighted by Crippen LogP contribution is 2.12. The van der Waals surface area contributed by atoms with Crippen molar-refractivity contribution in [1.29, 1.82) is 0 Å². The third-order valence-corrected chi connectivity index (χ3v) is 3.30. The van der Waals surface area contributed by atoms with Crippen molar-refractivity contribution >= 4 is 5.91 Å². The molecule has 98 valence electrons. The predicted octanol–water partition coefficient (Wildman–Crippen LogP) is 0.718. The number of benzene rings is 1. The van der Waals surface area contributed by atoms with Gasteiger partial charge in [0, 0.05) is 30.3 Å². The zero-order valence-electron chi connectivity index (χ0n) is 10.4. The molecule has 1 amide bonds. The molecule has 2 rings (SSSR count). The third kappa shape index (κ3) is 3.05. The highest BCUT2D eigenvalue weighted by atomic mass is 19.1. The maximum Gasteiger partial charge on any atom is 0.248 e. The summed E-state index contributed by atoms with van der Waals surface area (Å²) in [5.74, 6) is -0.837. The SMILES string of the molecule is CN1CCC(NCc2cc(C(N)=O)ccc2F)C1. The second kappa shape index (κ2) is 5.46. The molecule has 3 N–H and O–H groups in total. The van der Waals surface area contributed by atoms with Crippen molar-refractivity contribution in [2.75, 3.05) is 20.1 Å². The molecule has 1 unspecified atom stereocenters. The Kier molecular flexibility index (Phi) is 3.93. The van der Waals surface area contributed by atoms with Gasteiger partial charge in [0.1, 0.15) is 5.82 Å². The molecule has 0 spiro atoms. The van der Waals surface area contributed by atoms with E-state index >= 15 is 0 Å². The molecule has 1 heterocycles. The molecule has 1 fully saturated rings. The number of carbonyl (C=O) groups excluding carboxylic acids is 1. The first-order valence-corrected chi connectivity index (χ1v) is 6.06. The number of halogens is 1. The van der Waals surface area contributed by atoms with Crippen LogP contribution in [0.3, 0.4) is 0 Å². The van der Waals surface area contributed by atoms with Crippen molar-refractivity contribution in [2.45, 2.75) is 19.0 Å². The van der Waals surface area contributed by atoms with Gasteiger partial charge in [0.2, 0.25) is 5.91 Å². The van der Waals surface area contributed by atoms with Crippen LogP contribution in [0.2, 0.25) is 0 Å². The van der Waals surface area contributed by atoms with Crippen molar-refractivity contribution in [3.8, 4) is 0 Å². The van der Waals surface area contributed by atoms with E-state index < -0.39 is 5.91 Å². The number of nitrogens with zero attached hydrogens (tertiary/aromatic N) is 1. The van der Waals surface area contributed by atoms with Crippen LogP contribution in [0.1, 0.15) is 22.3 Å². The summed E-state index contributed by atoms with van der Waals surface area (Å²) in [5.41, 5.74) is 6.01. The molecule has 0 radical (unpaired) electrons. The summed E-state index contributed by atoms with van der Waals surface area (Å²) in [5, 5.41) is 3.30. The summed E-state index contributed by atoms with van der Waals surface area (Å²) in [6, 6.07) is 4.60. The minimum absolute atomic E-state index is 0.307. The molecule has 1 aromatic carbocycles. The molecule has 18 heavy (non-hydrogen) atoms. The first-order valence-electron chi connectivity index (χ1n) is 6.06. The molecule has 0 bridgehead atoms. The van der Waals surface area contributed by atoms with Gasteiger partial charge in [-0.15, -0.1) is 0 Å². The van der Waals surface area contributed by atoms with Crippen LogP contribution < -0.4 is 11.1 Å². The number of hydrogen-bond donors (Lipinski definition) is 2. The average molecular weight is 251 g/mol. The molecular weight excluding hydrogens is 233 g/mol. The Morgan fingerprint density at radius 1 is 1.61 bits per heavy atom. The molecule has 0 saturated carbocycles. The maximum absolute atomic E-state index is 13.6. The summed E-state index contributed by atoms with van der Waals surface area (Å²) in [6.45, 7) is 2.45. The van der Waals surface area contributed by atoms with Gasteiger partial charge in [-0.05, 0) is 38.2 Å². The summed E-state index contributed by atoms with van der Waals surface area (Å²) in [7, 11) is 2.07. The highest BCUT2D eigenvalue weighted by molar-refractivity contribution is 5.92. The van der Waals surface area contributed by atoms with Gasteiger partial charge in [-0.2, -0.15) is 0 Å². The van der Waals surface area contributed by atoms with Gasteiger partial charge in [-0.1, -0.05) is 0 Å². The summed E-state index contributed by atoms with van der Waals surface area (Å²) in [6.07, 6.45) is 1.06. The Morgan fingerprint density at radius 3 is 3.00 bits per heavy atom. The minimum atomic E-state index is -0.531. The van der Waals surface area contributed by atoms with E-state index in [1.165, 1.54) is 18.2 Å². The Labute approximate surface area is 106 Å². The summed E-state index contributed by atoms with van der Waals surface area (Å²) < 4.78 is 13.6. The molecule has 1 atom stereocenters. The lowest BCUT2D eigenvalue weighted by atomic mass is 10.1. The van der Waals surface area contributed by atoms with Crippen LogP contribution in [0.5, 0.6) is 0 Å². The monoisotopic (exact) mass is 251 g/mol. The maximum atomic E-state index is 13.6. The number of amides is 1. The van der Waals surface area contributed by atoms with E-state index in [1.54, 1.807) is 0 Å². The largest absolute Gasteiger partial charge is 0.366 e. The van der Waals surface area contributed by atoms with Gasteiger partial charge < -0.3 is 16.0 Å². The smallest absolute Gasteiger partial charge is 0.248 e. The van der Waals surface area contributed by atoms with E-state index in [1.807, 2.05) is 0 Å². The number of nitrogens with two attached hydrogens (primary N) is 1. The van der Waals surface area contributed by atoms with Gasteiger partial charge in [-0.25, -0.2) is 4.39 Å². The first kappa shape index (κ1) is 13.0. The van der Waals surface area contributed by atoms with E-state index in [4.69, 9.17) is 5.73 Å². The Balaban J connectivity index is 2.00. The number of primary amides is 1. The van der Waals surface area contributed by atoms with Gasteiger partial charge in [-0.3, -0.25) is 4.79 Å². The van der Waals surface area contributed by atoms with Crippen molar-refractivity contribution in [3.05, 3.63) is 35.1 Å². The zero-order chi connectivity index (χ0) is 13.1. The van der Waals surface area contributed by atoms with Crippen molar-refractivity contribution in [2.24, 2.45) is 5.73 Å². The topological polar surface area (TPSA) is 58.4 Å². The van der Waals surface area contributed by atoms with Crippen LogP contribution in [0.25, 0.3) is 0 Å². The normalized spacial score (nSPS) is 20.2. The fourth-order valence-electron chi connectivity index (χ4n) is 2.22. The lowest BCUT2D eigenvalue weighted by Gasteiger charge is -2.13. The molecular formula is C13H18FN3O. The van der Waals surface area contributed by atoms with Crippen LogP contribution in [0, 0.1) is 5.82 Å². The van der Waals surface area contributed by atoms with E-state index in [2.05, 4.69) is 17.3 Å². The standard InChI is InChI=1S/C13H18FN3O/c1-17-5-4-11(8-17)16-7-10-6-9(13(15)18)2-3-12(10)14/h2-3,6,11,16H,4-5,7-8H2,1H3,(H2,15,18). The Hall–Kier alpha value is -1.46. The van der Waals surface area contributed by atoms with Crippen LogP contribution in [-0.2, 0) is 6.54 Å². The van der Waals surface area contributed by atoms with Crippen molar-refractivity contribution in [3.63, 3.8) is 0 Å². The van der Waals surface area contributed by atoms with E-state index in [-0.39, 0.29) is 5.82 Å². The van der Waals surface area contributed by atoms with E-state index in [0.717, 1.165) is 19.5 Å².